The van der Waals surface area contributed by atoms with E-state index in [0.29, 0.717) is 11.6 Å². The lowest BCUT2D eigenvalue weighted by Crippen LogP contribution is -2.49. The first-order valence-electron chi connectivity index (χ1n) is 7.62. The van der Waals surface area contributed by atoms with Crippen LogP contribution < -0.4 is 5.32 Å². The lowest BCUT2D eigenvalue weighted by molar-refractivity contribution is 0.0886. The Morgan fingerprint density at radius 2 is 2.09 bits per heavy atom. The number of hydrogen-bond acceptors (Lipinski definition) is 4. The van der Waals surface area contributed by atoms with Crippen LogP contribution in [-0.2, 0) is 9.84 Å². The number of benzene rings is 1. The topological polar surface area (TPSA) is 66.5 Å². The normalized spacial score (nSPS) is 20.1. The molecule has 6 heteroatoms. The number of amides is 1. The van der Waals surface area contributed by atoms with E-state index in [0.717, 1.165) is 32.2 Å². The van der Waals surface area contributed by atoms with Gasteiger partial charge in [0, 0.05) is 30.4 Å². The highest BCUT2D eigenvalue weighted by molar-refractivity contribution is 7.90. The molecule has 2 rings (SSSR count). The van der Waals surface area contributed by atoms with Crippen LogP contribution in [0, 0.1) is 0 Å². The van der Waals surface area contributed by atoms with Crippen LogP contribution in [0.3, 0.4) is 0 Å². The van der Waals surface area contributed by atoms with E-state index in [1.807, 2.05) is 0 Å². The number of nitrogens with one attached hydrogen (secondary N) is 1. The molecule has 1 aliphatic rings. The van der Waals surface area contributed by atoms with Gasteiger partial charge in [-0.25, -0.2) is 8.42 Å². The quantitative estimate of drug-likeness (QED) is 0.915. The molecule has 1 atom stereocenters. The van der Waals surface area contributed by atoms with Crippen LogP contribution in [0.5, 0.6) is 0 Å². The smallest absolute Gasteiger partial charge is 0.251 e. The molecule has 0 spiro atoms. The van der Waals surface area contributed by atoms with E-state index in [2.05, 4.69) is 24.1 Å². The van der Waals surface area contributed by atoms with Crippen LogP contribution in [0.25, 0.3) is 0 Å². The van der Waals surface area contributed by atoms with E-state index in [-0.39, 0.29) is 16.8 Å². The van der Waals surface area contributed by atoms with Crippen LogP contribution >= 0.6 is 0 Å². The summed E-state index contributed by atoms with van der Waals surface area (Å²) in [5, 5.41) is 3.02. The minimum atomic E-state index is -3.30. The SMILES string of the molecule is CC(C)N1CCC[C@@H](NC(=O)c2cccc(S(C)(=O)=O)c2)C1. The van der Waals surface area contributed by atoms with Crippen LogP contribution in [0.1, 0.15) is 37.0 Å². The number of carbonyl (C=O) groups excluding carboxylic acids is 1. The predicted octanol–water partition coefficient (Wildman–Crippen LogP) is 1.69. The van der Waals surface area contributed by atoms with E-state index in [1.54, 1.807) is 12.1 Å². The number of carbonyl (C=O) groups is 1. The van der Waals surface area contributed by atoms with Gasteiger partial charge in [-0.05, 0) is 51.4 Å². The summed E-state index contributed by atoms with van der Waals surface area (Å²) in [7, 11) is -3.30. The molecule has 22 heavy (non-hydrogen) atoms. The molecule has 0 bridgehead atoms. The molecule has 1 aliphatic heterocycles. The summed E-state index contributed by atoms with van der Waals surface area (Å²) in [6, 6.07) is 6.78. The van der Waals surface area contributed by atoms with Crippen molar-refractivity contribution in [3.05, 3.63) is 29.8 Å². The van der Waals surface area contributed by atoms with E-state index >= 15 is 0 Å². The Morgan fingerprint density at radius 3 is 2.73 bits per heavy atom. The van der Waals surface area contributed by atoms with E-state index in [9.17, 15) is 13.2 Å². The average molecular weight is 324 g/mol. The molecule has 0 aliphatic carbocycles. The maximum absolute atomic E-state index is 12.3. The van der Waals surface area contributed by atoms with E-state index in [1.165, 1.54) is 12.1 Å². The fourth-order valence-electron chi connectivity index (χ4n) is 2.73. The minimum absolute atomic E-state index is 0.116. The van der Waals surface area contributed by atoms with Crippen LogP contribution in [0.4, 0.5) is 0 Å². The molecule has 1 N–H and O–H groups in total. The van der Waals surface area contributed by atoms with Gasteiger partial charge in [0.2, 0.25) is 0 Å². The van der Waals surface area contributed by atoms with Crippen molar-refractivity contribution in [2.24, 2.45) is 0 Å². The van der Waals surface area contributed by atoms with Gasteiger partial charge in [-0.15, -0.1) is 0 Å². The summed E-state index contributed by atoms with van der Waals surface area (Å²) in [6.45, 7) is 6.21. The van der Waals surface area contributed by atoms with Gasteiger partial charge in [0.1, 0.15) is 0 Å². The van der Waals surface area contributed by atoms with Gasteiger partial charge >= 0.3 is 0 Å². The summed E-state index contributed by atoms with van der Waals surface area (Å²) in [6.07, 6.45) is 3.17. The highest BCUT2D eigenvalue weighted by atomic mass is 32.2. The zero-order valence-corrected chi connectivity index (χ0v) is 14.2. The van der Waals surface area contributed by atoms with E-state index < -0.39 is 9.84 Å². The fourth-order valence-corrected chi connectivity index (χ4v) is 3.40. The van der Waals surface area contributed by atoms with Crippen LogP contribution in [0.2, 0.25) is 0 Å². The van der Waals surface area contributed by atoms with Gasteiger partial charge in [-0.2, -0.15) is 0 Å². The summed E-state index contributed by atoms with van der Waals surface area (Å²) < 4.78 is 23.2. The van der Waals surface area contributed by atoms with Crippen molar-refractivity contribution >= 4 is 15.7 Å². The highest BCUT2D eigenvalue weighted by Crippen LogP contribution is 2.15. The number of hydrogen-bond donors (Lipinski definition) is 1. The first kappa shape index (κ1) is 17.0. The van der Waals surface area contributed by atoms with Gasteiger partial charge in [-0.1, -0.05) is 6.07 Å². The molecule has 0 aromatic heterocycles. The van der Waals surface area contributed by atoms with Crippen molar-refractivity contribution < 1.29 is 13.2 Å². The minimum Gasteiger partial charge on any atom is -0.348 e. The van der Waals surface area contributed by atoms with Gasteiger partial charge in [0.25, 0.3) is 5.91 Å². The second-order valence-electron chi connectivity index (χ2n) is 6.20. The third kappa shape index (κ3) is 4.30. The average Bonchev–Trinajstić information content (AvgIpc) is 2.46. The Balaban J connectivity index is 2.06. The molecule has 1 amide bonds. The molecule has 5 nitrogen and oxygen atoms in total. The van der Waals surface area contributed by atoms with Crippen molar-refractivity contribution in [2.45, 2.75) is 43.7 Å². The molecule has 0 radical (unpaired) electrons. The molecular weight excluding hydrogens is 300 g/mol. The third-order valence-corrected chi connectivity index (χ3v) is 5.15. The lowest BCUT2D eigenvalue weighted by Gasteiger charge is -2.35. The summed E-state index contributed by atoms with van der Waals surface area (Å²) in [5.41, 5.74) is 0.393. The number of piperidine rings is 1. The second-order valence-corrected chi connectivity index (χ2v) is 8.22. The van der Waals surface area contributed by atoms with Crippen molar-refractivity contribution in [1.29, 1.82) is 0 Å². The van der Waals surface area contributed by atoms with Crippen LogP contribution in [-0.4, -0.2) is 50.7 Å². The Kier molecular flexibility index (Phi) is 5.24. The summed E-state index contributed by atoms with van der Waals surface area (Å²) in [4.78, 5) is 14.9. The molecule has 1 saturated heterocycles. The third-order valence-electron chi connectivity index (χ3n) is 4.04. The number of sulfone groups is 1. The van der Waals surface area contributed by atoms with Crippen molar-refractivity contribution in [2.75, 3.05) is 19.3 Å². The van der Waals surface area contributed by atoms with Crippen molar-refractivity contribution in [3.8, 4) is 0 Å². The first-order chi connectivity index (χ1) is 10.3. The first-order valence-corrected chi connectivity index (χ1v) is 9.51. The zero-order chi connectivity index (χ0) is 16.3. The van der Waals surface area contributed by atoms with Crippen LogP contribution in [0.15, 0.2) is 29.2 Å². The molecule has 1 aromatic rings. The summed E-state index contributed by atoms with van der Waals surface area (Å²) >= 11 is 0. The maximum Gasteiger partial charge on any atom is 0.251 e. The molecule has 1 heterocycles. The predicted molar refractivity (Wildman–Crippen MR) is 86.7 cm³/mol. The molecule has 1 aromatic carbocycles. The standard InChI is InChI=1S/C16H24N2O3S/c1-12(2)18-9-5-7-14(11-18)17-16(19)13-6-4-8-15(10-13)22(3,20)21/h4,6,8,10,12,14H,5,7,9,11H2,1-3H3,(H,17,19)/t14-/m1/s1. The van der Waals surface area contributed by atoms with Gasteiger partial charge in [0.15, 0.2) is 9.84 Å². The maximum atomic E-state index is 12.3. The molecular formula is C16H24N2O3S. The molecule has 1 fully saturated rings. The molecule has 122 valence electrons. The molecule has 0 saturated carbocycles. The van der Waals surface area contributed by atoms with E-state index in [4.69, 9.17) is 0 Å². The lowest BCUT2D eigenvalue weighted by atomic mass is 10.0. The Labute approximate surface area is 132 Å². The number of nitrogens with zero attached hydrogens (tertiary/aromatic N) is 1. The van der Waals surface area contributed by atoms with Crippen molar-refractivity contribution in [3.63, 3.8) is 0 Å². The van der Waals surface area contributed by atoms with Gasteiger partial charge < -0.3 is 5.32 Å². The second kappa shape index (κ2) is 6.79. The largest absolute Gasteiger partial charge is 0.348 e. The molecule has 0 unspecified atom stereocenters. The van der Waals surface area contributed by atoms with Gasteiger partial charge in [-0.3, -0.25) is 9.69 Å². The summed E-state index contributed by atoms with van der Waals surface area (Å²) in [5.74, 6) is -0.207. The number of likely N-dealkylation sites (tertiary alicyclic amines) is 1. The Hall–Kier alpha value is -1.40. The zero-order valence-electron chi connectivity index (χ0n) is 13.4. The Bertz CT molecular complexity index is 641. The highest BCUT2D eigenvalue weighted by Gasteiger charge is 2.23. The number of rotatable bonds is 4. The van der Waals surface area contributed by atoms with Crippen molar-refractivity contribution in [1.82, 2.24) is 10.2 Å². The fraction of sp³-hybridized carbons (Fsp3) is 0.562. The Morgan fingerprint density at radius 1 is 1.36 bits per heavy atom. The van der Waals surface area contributed by atoms with Gasteiger partial charge in [0.05, 0.1) is 4.90 Å². The monoisotopic (exact) mass is 324 g/mol.